The molecular weight excluding hydrogens is 264 g/mol. The summed E-state index contributed by atoms with van der Waals surface area (Å²) in [6.07, 6.45) is 1.43. The lowest BCUT2D eigenvalue weighted by Crippen LogP contribution is -2.08. The monoisotopic (exact) mass is 278 g/mol. The van der Waals surface area contributed by atoms with Crippen molar-refractivity contribution in [3.8, 4) is 5.75 Å². The Morgan fingerprint density at radius 3 is 2.68 bits per heavy atom. The van der Waals surface area contributed by atoms with Gasteiger partial charge in [0.25, 0.3) is 0 Å². The molecule has 0 saturated carbocycles. The van der Waals surface area contributed by atoms with Crippen molar-refractivity contribution >= 4 is 27.9 Å². The van der Waals surface area contributed by atoms with E-state index < -0.39 is 17.1 Å². The molecule has 2 aromatic carbocycles. The molecule has 0 aliphatic rings. The second kappa shape index (κ2) is 5.50. The summed E-state index contributed by atoms with van der Waals surface area (Å²) in [6, 6.07) is 8.98. The Bertz CT molecular complexity index is 622. The van der Waals surface area contributed by atoms with Gasteiger partial charge >= 0.3 is 5.97 Å². The summed E-state index contributed by atoms with van der Waals surface area (Å²) in [5.74, 6) is -0.217. The summed E-state index contributed by atoms with van der Waals surface area (Å²) in [6.45, 7) is 0. The molecule has 0 aliphatic heterocycles. The average molecular weight is 278 g/mol. The number of hydrogen-bond donors (Lipinski definition) is 1. The van der Waals surface area contributed by atoms with E-state index in [1.165, 1.54) is 0 Å². The van der Waals surface area contributed by atoms with Gasteiger partial charge in [0.2, 0.25) is 0 Å². The van der Waals surface area contributed by atoms with Crippen LogP contribution < -0.4 is 4.74 Å². The van der Waals surface area contributed by atoms with Gasteiger partial charge < -0.3 is 14.4 Å². The van der Waals surface area contributed by atoms with Crippen molar-refractivity contribution in [1.82, 2.24) is 0 Å². The highest BCUT2D eigenvalue weighted by atomic mass is 32.2. The second-order valence-electron chi connectivity index (χ2n) is 4.17. The number of rotatable bonds is 4. The molecule has 0 amide bonds. The maximum absolute atomic E-state index is 11.9. The predicted octanol–water partition coefficient (Wildman–Crippen LogP) is 2.21. The molecule has 0 saturated heterocycles. The smallest absolute Gasteiger partial charge is 0.308 e. The molecule has 0 aromatic heterocycles. The van der Waals surface area contributed by atoms with E-state index in [1.54, 1.807) is 25.5 Å². The first kappa shape index (κ1) is 13.7. The van der Waals surface area contributed by atoms with Crippen LogP contribution in [0.15, 0.2) is 35.2 Å². The molecule has 1 N–H and O–H groups in total. The maximum atomic E-state index is 11.9. The first-order chi connectivity index (χ1) is 9.02. The molecule has 1 unspecified atom stereocenters. The van der Waals surface area contributed by atoms with Crippen molar-refractivity contribution in [1.29, 1.82) is 0 Å². The van der Waals surface area contributed by atoms with E-state index in [4.69, 9.17) is 9.84 Å². The highest BCUT2D eigenvalue weighted by Gasteiger charge is 2.18. The zero-order valence-corrected chi connectivity index (χ0v) is 11.5. The third-order valence-electron chi connectivity index (χ3n) is 2.89. The third-order valence-corrected chi connectivity index (χ3v) is 3.95. The molecule has 4 nitrogen and oxygen atoms in total. The van der Waals surface area contributed by atoms with Gasteiger partial charge in [-0.2, -0.15) is 0 Å². The Morgan fingerprint density at radius 1 is 1.37 bits per heavy atom. The lowest BCUT2D eigenvalue weighted by atomic mass is 10.0. The molecule has 1 atom stereocenters. The largest absolute Gasteiger partial charge is 0.612 e. The second-order valence-corrected chi connectivity index (χ2v) is 5.48. The van der Waals surface area contributed by atoms with Gasteiger partial charge in [-0.15, -0.1) is 0 Å². The van der Waals surface area contributed by atoms with Crippen LogP contribution in [0.25, 0.3) is 10.8 Å². The highest BCUT2D eigenvalue weighted by Crippen LogP contribution is 2.30. The lowest BCUT2D eigenvalue weighted by Gasteiger charge is -2.13. The number of aliphatic carboxylic acids is 1. The number of fused-ring (bicyclic) bond motifs is 1. The molecule has 0 bridgehead atoms. The number of ether oxygens (including phenoxy) is 1. The first-order valence-electron chi connectivity index (χ1n) is 5.67. The average Bonchev–Trinajstić information content (AvgIpc) is 2.36. The zero-order valence-electron chi connectivity index (χ0n) is 10.7. The summed E-state index contributed by atoms with van der Waals surface area (Å²) in [4.78, 5) is 11.4. The quantitative estimate of drug-likeness (QED) is 0.871. The van der Waals surface area contributed by atoms with Crippen molar-refractivity contribution in [2.45, 2.75) is 11.3 Å². The minimum atomic E-state index is -1.24. The lowest BCUT2D eigenvalue weighted by molar-refractivity contribution is -0.136. The molecule has 2 aromatic rings. The molecule has 5 heteroatoms. The summed E-state index contributed by atoms with van der Waals surface area (Å²) >= 11 is -1.24. The van der Waals surface area contributed by atoms with E-state index in [1.807, 2.05) is 18.2 Å². The van der Waals surface area contributed by atoms with Gasteiger partial charge in [-0.3, -0.25) is 4.79 Å². The molecule has 19 heavy (non-hydrogen) atoms. The molecule has 0 spiro atoms. The van der Waals surface area contributed by atoms with Crippen molar-refractivity contribution in [2.75, 3.05) is 13.4 Å². The highest BCUT2D eigenvalue weighted by molar-refractivity contribution is 7.91. The summed E-state index contributed by atoms with van der Waals surface area (Å²) in [5.41, 5.74) is 0.589. The minimum Gasteiger partial charge on any atom is -0.612 e. The Hall–Kier alpha value is -1.72. The van der Waals surface area contributed by atoms with E-state index in [0.717, 1.165) is 10.8 Å². The number of carbonyl (C=O) groups is 1. The number of carboxylic acid groups (broad SMARTS) is 1. The summed E-state index contributed by atoms with van der Waals surface area (Å²) < 4.78 is 17.1. The molecule has 0 aliphatic carbocycles. The van der Waals surface area contributed by atoms with Crippen molar-refractivity contribution in [3.63, 3.8) is 0 Å². The van der Waals surface area contributed by atoms with Gasteiger partial charge in [0.05, 0.1) is 13.5 Å². The molecule has 0 radical (unpaired) electrons. The zero-order chi connectivity index (χ0) is 14.0. The topological polar surface area (TPSA) is 69.6 Å². The summed E-state index contributed by atoms with van der Waals surface area (Å²) in [7, 11) is 1.58. The molecule has 2 rings (SSSR count). The van der Waals surface area contributed by atoms with Gasteiger partial charge in [-0.1, -0.05) is 12.1 Å². The van der Waals surface area contributed by atoms with Crippen molar-refractivity contribution < 1.29 is 19.2 Å². The van der Waals surface area contributed by atoms with Crippen LogP contribution in [-0.4, -0.2) is 29.0 Å². The van der Waals surface area contributed by atoms with Crippen LogP contribution in [-0.2, 0) is 22.4 Å². The Labute approximate surface area is 114 Å². The Balaban J connectivity index is 2.66. The number of methoxy groups -OCH3 is 1. The number of benzene rings is 2. The Morgan fingerprint density at radius 2 is 2.11 bits per heavy atom. The summed E-state index contributed by atoms with van der Waals surface area (Å²) in [5, 5.41) is 10.6. The van der Waals surface area contributed by atoms with Crippen LogP contribution in [0.2, 0.25) is 0 Å². The molecule has 100 valence electrons. The van der Waals surface area contributed by atoms with E-state index in [-0.39, 0.29) is 6.42 Å². The first-order valence-corrected chi connectivity index (χ1v) is 7.23. The van der Waals surface area contributed by atoms with Gasteiger partial charge in [-0.05, 0) is 34.8 Å². The maximum Gasteiger partial charge on any atom is 0.308 e. The molecule has 0 fully saturated rings. The Kier molecular flexibility index (Phi) is 3.97. The van der Waals surface area contributed by atoms with Crippen LogP contribution in [0, 0.1) is 0 Å². The van der Waals surface area contributed by atoms with Crippen LogP contribution in [0.1, 0.15) is 5.56 Å². The van der Waals surface area contributed by atoms with Crippen LogP contribution in [0.5, 0.6) is 5.75 Å². The van der Waals surface area contributed by atoms with Crippen LogP contribution in [0.3, 0.4) is 0 Å². The fraction of sp³-hybridized carbons (Fsp3) is 0.214. The molecular formula is C14H14O4S. The normalized spacial score (nSPS) is 12.4. The van der Waals surface area contributed by atoms with E-state index in [2.05, 4.69) is 0 Å². The van der Waals surface area contributed by atoms with E-state index in [9.17, 15) is 9.35 Å². The van der Waals surface area contributed by atoms with Gasteiger partial charge in [0.15, 0.2) is 4.90 Å². The standard InChI is InChI=1S/C14H14O4S/c1-18-11-5-6-12-9(7-11)3-4-10(8-13(15)16)14(12)19(2)17/h3-7H,8H2,1-2H3,(H,15,16). The fourth-order valence-electron chi connectivity index (χ4n) is 2.09. The van der Waals surface area contributed by atoms with Gasteiger partial charge in [0.1, 0.15) is 12.0 Å². The van der Waals surface area contributed by atoms with Gasteiger partial charge in [0, 0.05) is 10.9 Å². The van der Waals surface area contributed by atoms with Crippen LogP contribution >= 0.6 is 0 Å². The third kappa shape index (κ3) is 2.83. The van der Waals surface area contributed by atoms with Crippen molar-refractivity contribution in [2.24, 2.45) is 0 Å². The number of hydrogen-bond acceptors (Lipinski definition) is 3. The van der Waals surface area contributed by atoms with Crippen molar-refractivity contribution in [3.05, 3.63) is 35.9 Å². The van der Waals surface area contributed by atoms with E-state index >= 15 is 0 Å². The van der Waals surface area contributed by atoms with E-state index in [0.29, 0.717) is 16.2 Å². The SMILES string of the molecule is COc1ccc2c([S+](C)[O-])c(CC(=O)O)ccc2c1. The number of carboxylic acids is 1. The van der Waals surface area contributed by atoms with Gasteiger partial charge in [-0.25, -0.2) is 0 Å². The van der Waals surface area contributed by atoms with Crippen LogP contribution in [0.4, 0.5) is 0 Å². The molecule has 0 heterocycles. The fourth-order valence-corrected chi connectivity index (χ4v) is 3.10. The predicted molar refractivity (Wildman–Crippen MR) is 74.2 cm³/mol. The minimum absolute atomic E-state index is 0.128.